The number of piperidine rings is 1. The topological polar surface area (TPSA) is 63.1 Å². The van der Waals surface area contributed by atoms with Crippen molar-refractivity contribution in [3.63, 3.8) is 0 Å². The molecule has 3 atom stereocenters. The first-order chi connectivity index (χ1) is 18.1. The molecule has 8 heteroatoms. The third-order valence-electron chi connectivity index (χ3n) is 8.83. The quantitative estimate of drug-likeness (QED) is 0.473. The number of hydrogen-bond donors (Lipinski definition) is 1. The summed E-state index contributed by atoms with van der Waals surface area (Å²) in [7, 11) is 0. The van der Waals surface area contributed by atoms with Gasteiger partial charge in [-0.2, -0.15) is 0 Å². The second kappa shape index (κ2) is 10.8. The van der Waals surface area contributed by atoms with Crippen molar-refractivity contribution in [3.8, 4) is 0 Å². The number of alkyl halides is 2. The highest BCUT2D eigenvalue weighted by atomic mass is 19.3. The largest absolute Gasteiger partial charge is 0.349 e. The summed E-state index contributed by atoms with van der Waals surface area (Å²) in [6, 6.07) is 10.7. The molecule has 1 saturated carbocycles. The van der Waals surface area contributed by atoms with Gasteiger partial charge in [-0.05, 0) is 57.4 Å². The van der Waals surface area contributed by atoms with Crippen LogP contribution in [-0.4, -0.2) is 50.1 Å². The molecule has 3 fully saturated rings. The maximum absolute atomic E-state index is 13.7. The van der Waals surface area contributed by atoms with Gasteiger partial charge >= 0.3 is 0 Å². The number of carbonyl (C=O) groups excluding carboxylic acids is 1. The van der Waals surface area contributed by atoms with Gasteiger partial charge in [0.15, 0.2) is 1.41 Å². The minimum absolute atomic E-state index is 0.154. The van der Waals surface area contributed by atoms with Crippen LogP contribution >= 0.6 is 0 Å². The first-order valence-electron chi connectivity index (χ1n) is 14.5. The Hall–Kier alpha value is -2.35. The smallest absolute Gasteiger partial charge is 0.248 e. The standard InChI is InChI=1S/C29H41F2N5O/c1-19(2)27-34-33-20(3)36(27)25-17-23-9-10-24(18-25)35(23)16-13-26(21-7-5-4-6-8-21)32-28(37)22-11-14-29(30,31)15-12-22/h4-8,19,22-26H,9-18H2,1-3H3,(H,32,37)/i/hD. The lowest BCUT2D eigenvalue weighted by atomic mass is 9.86. The summed E-state index contributed by atoms with van der Waals surface area (Å²) in [6.07, 6.45) is 4.87. The molecule has 3 aliphatic rings. The minimum Gasteiger partial charge on any atom is -0.349 e. The zero-order valence-corrected chi connectivity index (χ0v) is 22.3. The SMILES string of the molecule is [2H]N(C(=O)C1CCC(F)(F)CC1)C(CCN1C2CCC1CC(n1c(C)nnc1C(C)C)C2)c1ccccc1. The molecule has 1 amide bonds. The van der Waals surface area contributed by atoms with Crippen LogP contribution in [0, 0.1) is 12.8 Å². The van der Waals surface area contributed by atoms with Crippen molar-refractivity contribution in [3.05, 3.63) is 47.5 Å². The number of benzene rings is 1. The van der Waals surface area contributed by atoms with Crippen LogP contribution in [0.2, 0.25) is 1.41 Å². The number of nitrogens with one attached hydrogen (secondary N) is 1. The van der Waals surface area contributed by atoms with Gasteiger partial charge in [0.25, 0.3) is 0 Å². The summed E-state index contributed by atoms with van der Waals surface area (Å²) in [5, 5.41) is 9.94. The fraction of sp³-hybridized carbons (Fsp3) is 0.690. The molecule has 1 aromatic carbocycles. The molecular weight excluding hydrogens is 472 g/mol. The number of amides is 1. The molecule has 2 aliphatic heterocycles. The Labute approximate surface area is 220 Å². The number of carbonyl (C=O) groups is 1. The van der Waals surface area contributed by atoms with Gasteiger partial charge in [-0.3, -0.25) is 9.69 Å². The lowest BCUT2D eigenvalue weighted by Crippen LogP contribution is -2.45. The van der Waals surface area contributed by atoms with E-state index < -0.39 is 17.9 Å². The summed E-state index contributed by atoms with van der Waals surface area (Å²) in [5.41, 5.74) is 0.931. The van der Waals surface area contributed by atoms with Gasteiger partial charge in [-0.25, -0.2) is 8.78 Å². The van der Waals surface area contributed by atoms with Crippen molar-refractivity contribution in [1.29, 1.82) is 0 Å². The normalized spacial score (nSPS) is 27.3. The molecule has 37 heavy (non-hydrogen) atoms. The predicted molar refractivity (Wildman–Crippen MR) is 139 cm³/mol. The Morgan fingerprint density at radius 3 is 2.35 bits per heavy atom. The average Bonchev–Trinajstić information content (AvgIpc) is 3.39. The Morgan fingerprint density at radius 1 is 1.08 bits per heavy atom. The van der Waals surface area contributed by atoms with Gasteiger partial charge in [0, 0.05) is 49.3 Å². The van der Waals surface area contributed by atoms with Crippen molar-refractivity contribution in [2.24, 2.45) is 5.92 Å². The van der Waals surface area contributed by atoms with E-state index in [1.165, 1.54) is 0 Å². The fourth-order valence-corrected chi connectivity index (χ4v) is 6.85. The van der Waals surface area contributed by atoms with Gasteiger partial charge in [0.1, 0.15) is 11.6 Å². The van der Waals surface area contributed by atoms with E-state index in [0.717, 1.165) is 54.8 Å². The highest BCUT2D eigenvalue weighted by Crippen LogP contribution is 2.42. The summed E-state index contributed by atoms with van der Waals surface area (Å²) in [5.74, 6) is -1.12. The van der Waals surface area contributed by atoms with Crippen LogP contribution in [0.3, 0.4) is 0 Å². The predicted octanol–water partition coefficient (Wildman–Crippen LogP) is 5.95. The van der Waals surface area contributed by atoms with Gasteiger partial charge in [-0.1, -0.05) is 44.2 Å². The molecule has 0 radical (unpaired) electrons. The Balaban J connectivity index is 1.27. The maximum atomic E-state index is 13.7. The lowest BCUT2D eigenvalue weighted by molar-refractivity contribution is -0.130. The van der Waals surface area contributed by atoms with Gasteiger partial charge in [-0.15, -0.1) is 10.2 Å². The Morgan fingerprint density at radius 2 is 1.73 bits per heavy atom. The molecule has 1 aliphatic carbocycles. The first-order valence-corrected chi connectivity index (χ1v) is 14.1. The first kappa shape index (κ1) is 25.0. The summed E-state index contributed by atoms with van der Waals surface area (Å²) >= 11 is 0. The molecular formula is C29H41F2N5O. The third-order valence-corrected chi connectivity index (χ3v) is 8.83. The molecule has 1 N–H and O–H groups in total. The number of aryl methyl sites for hydroxylation is 1. The summed E-state index contributed by atoms with van der Waals surface area (Å²) < 4.78 is 38.5. The molecule has 6 nitrogen and oxygen atoms in total. The minimum atomic E-state index is -2.69. The number of hydrogen-bond acceptors (Lipinski definition) is 4. The second-order valence-corrected chi connectivity index (χ2v) is 11.7. The van der Waals surface area contributed by atoms with Crippen LogP contribution < -0.4 is 5.31 Å². The van der Waals surface area contributed by atoms with E-state index in [0.29, 0.717) is 30.5 Å². The van der Waals surface area contributed by atoms with E-state index in [4.69, 9.17) is 1.41 Å². The Bertz CT molecular complexity index is 1090. The molecule has 0 spiro atoms. The van der Waals surface area contributed by atoms with Crippen LogP contribution in [0.15, 0.2) is 30.3 Å². The van der Waals surface area contributed by atoms with E-state index in [1.54, 1.807) is 0 Å². The van der Waals surface area contributed by atoms with Crippen LogP contribution in [0.5, 0.6) is 0 Å². The van der Waals surface area contributed by atoms with Crippen molar-refractivity contribution < 1.29 is 15.0 Å². The molecule has 1 aromatic heterocycles. The molecule has 2 saturated heterocycles. The molecule has 2 bridgehead atoms. The summed E-state index contributed by atoms with van der Waals surface area (Å²) in [6.45, 7) is 7.19. The average molecular weight is 515 g/mol. The maximum Gasteiger partial charge on any atom is 0.248 e. The highest BCUT2D eigenvalue weighted by molar-refractivity contribution is 5.79. The summed E-state index contributed by atoms with van der Waals surface area (Å²) in [4.78, 5) is 15.9. The van der Waals surface area contributed by atoms with E-state index in [9.17, 15) is 13.6 Å². The van der Waals surface area contributed by atoms with Crippen LogP contribution in [0.1, 0.15) is 107 Å². The monoisotopic (exact) mass is 514 g/mol. The van der Waals surface area contributed by atoms with Crippen LogP contribution in [0.25, 0.3) is 0 Å². The van der Waals surface area contributed by atoms with E-state index in [1.807, 2.05) is 37.3 Å². The number of halogens is 2. The molecule has 3 heterocycles. The lowest BCUT2D eigenvalue weighted by Gasteiger charge is -2.40. The zero-order valence-electron chi connectivity index (χ0n) is 23.3. The van der Waals surface area contributed by atoms with E-state index >= 15 is 0 Å². The van der Waals surface area contributed by atoms with Crippen LogP contribution in [0.4, 0.5) is 8.78 Å². The fourth-order valence-electron chi connectivity index (χ4n) is 6.85. The zero-order chi connectivity index (χ0) is 27.0. The van der Waals surface area contributed by atoms with Crippen molar-refractivity contribution >= 4 is 5.91 Å². The van der Waals surface area contributed by atoms with Crippen molar-refractivity contribution in [2.45, 2.75) is 115 Å². The van der Waals surface area contributed by atoms with Gasteiger partial charge in [0.05, 0.1) is 6.04 Å². The van der Waals surface area contributed by atoms with Crippen molar-refractivity contribution in [1.82, 2.24) is 25.0 Å². The third kappa shape index (κ3) is 5.74. The highest BCUT2D eigenvalue weighted by Gasteiger charge is 2.42. The van der Waals surface area contributed by atoms with E-state index in [-0.39, 0.29) is 31.6 Å². The number of aromatic nitrogens is 3. The van der Waals surface area contributed by atoms with Gasteiger partial charge < -0.3 is 9.88 Å². The number of fused-ring (bicyclic) bond motifs is 2. The van der Waals surface area contributed by atoms with E-state index in [2.05, 4.69) is 33.5 Å². The number of rotatable bonds is 8. The molecule has 2 aromatic rings. The van der Waals surface area contributed by atoms with Gasteiger partial charge in [0.2, 0.25) is 11.8 Å². The molecule has 3 unspecified atom stereocenters. The van der Waals surface area contributed by atoms with Crippen LogP contribution in [-0.2, 0) is 4.79 Å². The second-order valence-electron chi connectivity index (χ2n) is 11.7. The Kier molecular flexibility index (Phi) is 7.28. The molecule has 5 rings (SSSR count). The number of nitrogens with zero attached hydrogens (tertiary/aromatic N) is 4. The van der Waals surface area contributed by atoms with Crippen molar-refractivity contribution in [2.75, 3.05) is 6.54 Å². The molecule has 202 valence electrons.